The van der Waals surface area contributed by atoms with Crippen LogP contribution in [0, 0.1) is 0 Å². The van der Waals surface area contributed by atoms with Crippen molar-refractivity contribution >= 4 is 11.9 Å². The molecule has 6 heteroatoms. The maximum absolute atomic E-state index is 12.6. The lowest BCUT2D eigenvalue weighted by molar-refractivity contribution is -0.143. The number of allylic oxidation sites excluding steroid dienone is 2. The number of unbranched alkanes of at least 4 members (excludes halogenated alkanes) is 59. The van der Waals surface area contributed by atoms with Crippen LogP contribution in [0.2, 0.25) is 0 Å². The number of aliphatic hydroxyl groups excluding tert-OH is 2. The third kappa shape index (κ3) is 67.7. The SMILES string of the molecule is CCCCCCCC/C=C\CCCCCCCC(=O)OCCCCCCCCCCCCCCCCCCCCCCCCCCCCC(=O)NC(CO)C(O)CCCCCCCCCCCCCCCCCCCCCCCCCC. The Bertz CT molecular complexity index is 1240. The summed E-state index contributed by atoms with van der Waals surface area (Å²) in [5, 5.41) is 23.5. The van der Waals surface area contributed by atoms with Crippen LogP contribution in [0.3, 0.4) is 0 Å². The fraction of sp³-hybridized carbons (Fsp3) is 0.947. The number of amides is 1. The maximum atomic E-state index is 12.6. The summed E-state index contributed by atoms with van der Waals surface area (Å²) in [5.74, 6) is -0.0162. The van der Waals surface area contributed by atoms with Crippen molar-refractivity contribution in [1.29, 1.82) is 0 Å². The Morgan fingerprint density at radius 2 is 0.573 bits per heavy atom. The molecule has 0 saturated heterocycles. The van der Waals surface area contributed by atoms with Crippen molar-refractivity contribution in [2.24, 2.45) is 0 Å². The van der Waals surface area contributed by atoms with E-state index in [1.165, 1.54) is 360 Å². The van der Waals surface area contributed by atoms with Crippen molar-refractivity contribution in [3.8, 4) is 0 Å². The first-order valence-corrected chi connectivity index (χ1v) is 37.9. The number of ether oxygens (including phenoxy) is 1. The lowest BCUT2D eigenvalue weighted by Gasteiger charge is -2.22. The molecule has 2 unspecified atom stereocenters. The van der Waals surface area contributed by atoms with Crippen LogP contribution in [-0.4, -0.2) is 47.4 Å². The average Bonchev–Trinajstić information content (AvgIpc) is 3.48. The molecule has 488 valence electrons. The molecule has 0 rings (SSSR count). The molecular formula is C76H149NO5. The van der Waals surface area contributed by atoms with Gasteiger partial charge in [-0.05, 0) is 51.4 Å². The smallest absolute Gasteiger partial charge is 0.305 e. The van der Waals surface area contributed by atoms with Crippen LogP contribution in [0.15, 0.2) is 12.2 Å². The van der Waals surface area contributed by atoms with Crippen LogP contribution in [0.4, 0.5) is 0 Å². The highest BCUT2D eigenvalue weighted by Crippen LogP contribution is 2.20. The van der Waals surface area contributed by atoms with Crippen LogP contribution in [-0.2, 0) is 14.3 Å². The van der Waals surface area contributed by atoms with Gasteiger partial charge >= 0.3 is 5.97 Å². The van der Waals surface area contributed by atoms with Gasteiger partial charge in [0.1, 0.15) is 0 Å². The van der Waals surface area contributed by atoms with Gasteiger partial charge in [-0.2, -0.15) is 0 Å². The van der Waals surface area contributed by atoms with E-state index in [4.69, 9.17) is 4.74 Å². The van der Waals surface area contributed by atoms with Crippen LogP contribution in [0.1, 0.15) is 438 Å². The second-order valence-electron chi connectivity index (χ2n) is 26.3. The Labute approximate surface area is 514 Å². The topological polar surface area (TPSA) is 95.9 Å². The molecule has 0 aromatic rings. The largest absolute Gasteiger partial charge is 0.466 e. The molecular weight excluding hydrogens is 1010 g/mol. The summed E-state index contributed by atoms with van der Waals surface area (Å²) in [6, 6.07) is -0.541. The highest BCUT2D eigenvalue weighted by molar-refractivity contribution is 5.76. The molecule has 6 nitrogen and oxygen atoms in total. The minimum Gasteiger partial charge on any atom is -0.466 e. The number of hydrogen-bond acceptors (Lipinski definition) is 5. The summed E-state index contributed by atoms with van der Waals surface area (Å²) in [7, 11) is 0. The van der Waals surface area contributed by atoms with Gasteiger partial charge in [-0.15, -0.1) is 0 Å². The molecule has 0 aliphatic heterocycles. The Morgan fingerprint density at radius 3 is 0.866 bits per heavy atom. The molecule has 1 amide bonds. The summed E-state index contributed by atoms with van der Waals surface area (Å²) in [6.45, 7) is 5.00. The molecule has 2 atom stereocenters. The second-order valence-corrected chi connectivity index (χ2v) is 26.3. The zero-order valence-corrected chi connectivity index (χ0v) is 56.0. The van der Waals surface area contributed by atoms with Gasteiger partial charge in [0, 0.05) is 12.8 Å². The number of carbonyl (C=O) groups is 2. The summed E-state index contributed by atoms with van der Waals surface area (Å²) in [4.78, 5) is 24.6. The third-order valence-electron chi connectivity index (χ3n) is 18.1. The van der Waals surface area contributed by atoms with Gasteiger partial charge in [0.25, 0.3) is 0 Å². The Hall–Kier alpha value is -1.40. The number of carbonyl (C=O) groups excluding carboxylic acids is 2. The summed E-state index contributed by atoms with van der Waals surface area (Å²) >= 11 is 0. The molecule has 0 fully saturated rings. The highest BCUT2D eigenvalue weighted by Gasteiger charge is 2.20. The fourth-order valence-electron chi connectivity index (χ4n) is 12.3. The van der Waals surface area contributed by atoms with Crippen molar-refractivity contribution < 1.29 is 24.5 Å². The van der Waals surface area contributed by atoms with Crippen molar-refractivity contribution in [2.45, 2.75) is 450 Å². The van der Waals surface area contributed by atoms with Crippen molar-refractivity contribution in [3.63, 3.8) is 0 Å². The zero-order chi connectivity index (χ0) is 59.2. The average molecular weight is 1160 g/mol. The molecule has 0 heterocycles. The molecule has 0 aliphatic carbocycles. The summed E-state index contributed by atoms with van der Waals surface area (Å²) in [6.07, 6.45) is 89.9. The van der Waals surface area contributed by atoms with Crippen LogP contribution < -0.4 is 5.32 Å². The quantitative estimate of drug-likeness (QED) is 0.0320. The molecule has 0 saturated carbocycles. The number of aliphatic hydroxyl groups is 2. The van der Waals surface area contributed by atoms with Gasteiger partial charge in [0.2, 0.25) is 5.91 Å². The minimum atomic E-state index is -0.664. The molecule has 0 bridgehead atoms. The molecule has 0 aromatic carbocycles. The van der Waals surface area contributed by atoms with Crippen LogP contribution >= 0.6 is 0 Å². The first kappa shape index (κ1) is 80.6. The van der Waals surface area contributed by atoms with Gasteiger partial charge in [-0.1, -0.05) is 386 Å². The molecule has 0 radical (unpaired) electrons. The van der Waals surface area contributed by atoms with Crippen molar-refractivity contribution in [2.75, 3.05) is 13.2 Å². The fourth-order valence-corrected chi connectivity index (χ4v) is 12.3. The van der Waals surface area contributed by atoms with E-state index >= 15 is 0 Å². The molecule has 3 N–H and O–H groups in total. The van der Waals surface area contributed by atoms with Crippen molar-refractivity contribution in [1.82, 2.24) is 5.32 Å². The van der Waals surface area contributed by atoms with E-state index in [0.29, 0.717) is 25.9 Å². The first-order chi connectivity index (χ1) is 40.5. The van der Waals surface area contributed by atoms with Gasteiger partial charge in [-0.3, -0.25) is 9.59 Å². The minimum absolute atomic E-state index is 0.0107. The van der Waals surface area contributed by atoms with E-state index in [1.54, 1.807) is 0 Å². The van der Waals surface area contributed by atoms with Crippen LogP contribution in [0.25, 0.3) is 0 Å². The van der Waals surface area contributed by atoms with E-state index in [1.807, 2.05) is 0 Å². The predicted octanol–water partition coefficient (Wildman–Crippen LogP) is 24.7. The van der Waals surface area contributed by atoms with Crippen molar-refractivity contribution in [3.05, 3.63) is 12.2 Å². The number of hydrogen-bond donors (Lipinski definition) is 3. The number of rotatable bonds is 72. The Balaban J connectivity index is 3.35. The second kappa shape index (κ2) is 72.1. The standard InChI is InChI=1S/C76H149NO5/c1-3-5-7-9-11-13-15-17-19-20-21-22-23-28-31-34-37-41-44-48-52-56-60-64-68-74(79)73(72-78)77-75(80)69-65-61-57-53-49-45-42-38-35-32-29-26-24-25-27-30-33-36-39-43-47-51-55-59-63-67-71-82-76(81)70-66-62-58-54-50-46-40-18-16-14-12-10-8-6-4-2/h18,40,73-74,78-79H,3-17,19-39,41-72H2,1-2H3,(H,77,80)/b40-18-. The van der Waals surface area contributed by atoms with E-state index in [0.717, 1.165) is 44.9 Å². The summed E-state index contributed by atoms with van der Waals surface area (Å²) in [5.41, 5.74) is 0. The lowest BCUT2D eigenvalue weighted by atomic mass is 10.0. The van der Waals surface area contributed by atoms with Gasteiger partial charge in [0.15, 0.2) is 0 Å². The molecule has 0 spiro atoms. The maximum Gasteiger partial charge on any atom is 0.305 e. The van der Waals surface area contributed by atoms with Gasteiger partial charge in [0.05, 0.1) is 25.4 Å². The lowest BCUT2D eigenvalue weighted by Crippen LogP contribution is -2.45. The molecule has 82 heavy (non-hydrogen) atoms. The van der Waals surface area contributed by atoms with E-state index in [-0.39, 0.29) is 18.5 Å². The Morgan fingerprint density at radius 1 is 0.329 bits per heavy atom. The normalized spacial score (nSPS) is 12.5. The molecule has 0 aliphatic rings. The summed E-state index contributed by atoms with van der Waals surface area (Å²) < 4.78 is 5.50. The van der Waals surface area contributed by atoms with E-state index in [2.05, 4.69) is 31.3 Å². The zero-order valence-electron chi connectivity index (χ0n) is 56.0. The Kier molecular flexibility index (Phi) is 70.8. The third-order valence-corrected chi connectivity index (χ3v) is 18.1. The number of esters is 1. The van der Waals surface area contributed by atoms with E-state index in [9.17, 15) is 19.8 Å². The highest BCUT2D eigenvalue weighted by atomic mass is 16.5. The van der Waals surface area contributed by atoms with Gasteiger partial charge in [-0.25, -0.2) is 0 Å². The number of nitrogens with one attached hydrogen (secondary N) is 1. The van der Waals surface area contributed by atoms with Gasteiger partial charge < -0.3 is 20.3 Å². The van der Waals surface area contributed by atoms with Crippen LogP contribution in [0.5, 0.6) is 0 Å². The van der Waals surface area contributed by atoms with E-state index < -0.39 is 12.1 Å². The predicted molar refractivity (Wildman–Crippen MR) is 361 cm³/mol. The molecule has 0 aromatic heterocycles. The monoisotopic (exact) mass is 1160 g/mol. The first-order valence-electron chi connectivity index (χ1n) is 37.9.